The van der Waals surface area contributed by atoms with Crippen molar-refractivity contribution < 1.29 is 19.1 Å². The van der Waals surface area contributed by atoms with E-state index in [1.165, 1.54) is 0 Å². The van der Waals surface area contributed by atoms with Gasteiger partial charge in [-0.1, -0.05) is 12.1 Å². The molecule has 142 valence electrons. The second-order valence-electron chi connectivity index (χ2n) is 6.72. The molecule has 3 fully saturated rings. The van der Waals surface area contributed by atoms with Crippen LogP contribution in [0.25, 0.3) is 0 Å². The van der Waals surface area contributed by atoms with Gasteiger partial charge in [0.25, 0.3) is 0 Å². The van der Waals surface area contributed by atoms with Crippen molar-refractivity contribution in [3.8, 4) is 5.75 Å². The molecule has 26 heavy (non-hydrogen) atoms. The lowest BCUT2D eigenvalue weighted by molar-refractivity contribution is -0.140. The van der Waals surface area contributed by atoms with Crippen LogP contribution in [0.1, 0.15) is 19.8 Å². The summed E-state index contributed by atoms with van der Waals surface area (Å²) in [6.45, 7) is 4.55. The molecule has 0 unspecified atom stereocenters. The lowest BCUT2D eigenvalue weighted by atomic mass is 9.94. The Labute approximate surface area is 154 Å². The molecule has 0 aromatic heterocycles. The van der Waals surface area contributed by atoms with Gasteiger partial charge in [-0.2, -0.15) is 0 Å². The number of hydrogen-bond donors (Lipinski definition) is 1. The first-order valence-corrected chi connectivity index (χ1v) is 9.21. The van der Waals surface area contributed by atoms with Gasteiger partial charge in [-0.3, -0.25) is 4.79 Å². The van der Waals surface area contributed by atoms with Crippen LogP contribution >= 0.6 is 0 Å². The van der Waals surface area contributed by atoms with Gasteiger partial charge in [0.1, 0.15) is 5.75 Å². The second-order valence-corrected chi connectivity index (χ2v) is 6.72. The zero-order valence-corrected chi connectivity index (χ0v) is 15.4. The summed E-state index contributed by atoms with van der Waals surface area (Å²) >= 11 is 0. The summed E-state index contributed by atoms with van der Waals surface area (Å²) in [7, 11) is 1.64. The van der Waals surface area contributed by atoms with Crippen molar-refractivity contribution in [2.45, 2.75) is 25.8 Å². The van der Waals surface area contributed by atoms with E-state index in [-0.39, 0.29) is 23.9 Å². The molecule has 0 spiro atoms. The lowest BCUT2D eigenvalue weighted by Crippen LogP contribution is -2.49. The molecule has 0 radical (unpaired) electrons. The fourth-order valence-corrected chi connectivity index (χ4v) is 3.74. The number of fused-ring (bicyclic) bond motifs is 4. The summed E-state index contributed by atoms with van der Waals surface area (Å²) < 4.78 is 10.7. The predicted molar refractivity (Wildman–Crippen MR) is 98.3 cm³/mol. The number of carbonyl (C=O) groups is 2. The van der Waals surface area contributed by atoms with E-state index in [4.69, 9.17) is 9.47 Å². The van der Waals surface area contributed by atoms with Gasteiger partial charge < -0.3 is 24.6 Å². The van der Waals surface area contributed by atoms with Crippen molar-refractivity contribution in [3.05, 3.63) is 24.3 Å². The van der Waals surface area contributed by atoms with Crippen LogP contribution in [0.5, 0.6) is 5.75 Å². The number of benzene rings is 1. The third-order valence-electron chi connectivity index (χ3n) is 5.05. The monoisotopic (exact) mass is 361 g/mol. The first kappa shape index (κ1) is 18.5. The first-order valence-electron chi connectivity index (χ1n) is 9.21. The minimum Gasteiger partial charge on any atom is -0.492 e. The van der Waals surface area contributed by atoms with Crippen molar-refractivity contribution in [2.24, 2.45) is 5.92 Å². The van der Waals surface area contributed by atoms with Gasteiger partial charge in [0.2, 0.25) is 5.91 Å². The SMILES string of the molecule is CCOc1ccccc1NC(=O)N1C[C@@H]2CC[C@H](C1)N(CCOC)C2=O. The Balaban J connectivity index is 1.70. The highest BCUT2D eigenvalue weighted by molar-refractivity contribution is 5.92. The Bertz CT molecular complexity index is 651. The van der Waals surface area contributed by atoms with Crippen LogP contribution in [0.3, 0.4) is 0 Å². The van der Waals surface area contributed by atoms with E-state index >= 15 is 0 Å². The predicted octanol–water partition coefficient (Wildman–Crippen LogP) is 2.19. The average molecular weight is 361 g/mol. The largest absolute Gasteiger partial charge is 0.492 e. The molecule has 3 saturated heterocycles. The van der Waals surface area contributed by atoms with E-state index in [1.807, 2.05) is 36.1 Å². The number of ether oxygens (including phenoxy) is 2. The van der Waals surface area contributed by atoms with Gasteiger partial charge in [0.05, 0.1) is 24.8 Å². The Morgan fingerprint density at radius 3 is 2.85 bits per heavy atom. The van der Waals surface area contributed by atoms with E-state index in [1.54, 1.807) is 12.0 Å². The number of para-hydroxylation sites is 2. The lowest BCUT2D eigenvalue weighted by Gasteiger charge is -2.35. The van der Waals surface area contributed by atoms with E-state index in [0.29, 0.717) is 44.3 Å². The van der Waals surface area contributed by atoms with Crippen LogP contribution in [-0.2, 0) is 9.53 Å². The Hall–Kier alpha value is -2.28. The number of hydrogen-bond acceptors (Lipinski definition) is 4. The van der Waals surface area contributed by atoms with Gasteiger partial charge in [-0.05, 0) is 31.9 Å². The molecule has 3 heterocycles. The summed E-state index contributed by atoms with van der Waals surface area (Å²) in [4.78, 5) is 29.1. The van der Waals surface area contributed by atoms with Gasteiger partial charge in [-0.15, -0.1) is 0 Å². The van der Waals surface area contributed by atoms with Crippen molar-refractivity contribution in [1.29, 1.82) is 0 Å². The number of amides is 3. The quantitative estimate of drug-likeness (QED) is 0.843. The number of nitrogens with zero attached hydrogens (tertiary/aromatic N) is 2. The molecule has 7 heteroatoms. The number of methoxy groups -OCH3 is 1. The fraction of sp³-hybridized carbons (Fsp3) is 0.579. The molecule has 2 bridgehead atoms. The normalized spacial score (nSPS) is 22.3. The second kappa shape index (κ2) is 8.40. The molecule has 1 aromatic carbocycles. The number of rotatable bonds is 6. The van der Waals surface area contributed by atoms with Gasteiger partial charge in [0.15, 0.2) is 0 Å². The number of piperidine rings is 1. The number of nitrogens with one attached hydrogen (secondary N) is 1. The van der Waals surface area contributed by atoms with Gasteiger partial charge in [-0.25, -0.2) is 4.79 Å². The Morgan fingerprint density at radius 1 is 1.27 bits per heavy atom. The molecular weight excluding hydrogens is 334 g/mol. The molecule has 3 aliphatic heterocycles. The van der Waals surface area contributed by atoms with Crippen LogP contribution in [0.4, 0.5) is 10.5 Å². The maximum atomic E-state index is 12.8. The maximum Gasteiger partial charge on any atom is 0.322 e. The van der Waals surface area contributed by atoms with Crippen LogP contribution in [0.2, 0.25) is 0 Å². The highest BCUT2D eigenvalue weighted by Crippen LogP contribution is 2.30. The van der Waals surface area contributed by atoms with E-state index in [2.05, 4.69) is 5.32 Å². The molecule has 1 N–H and O–H groups in total. The zero-order valence-electron chi connectivity index (χ0n) is 15.4. The van der Waals surface area contributed by atoms with Crippen LogP contribution in [0.15, 0.2) is 24.3 Å². The average Bonchev–Trinajstić information content (AvgIpc) is 2.93. The summed E-state index contributed by atoms with van der Waals surface area (Å²) in [5.41, 5.74) is 0.651. The van der Waals surface area contributed by atoms with Crippen molar-refractivity contribution >= 4 is 17.6 Å². The molecule has 4 rings (SSSR count). The topological polar surface area (TPSA) is 71.1 Å². The summed E-state index contributed by atoms with van der Waals surface area (Å²) in [5.74, 6) is 0.667. The number of urea groups is 1. The Kier molecular flexibility index (Phi) is 5.98. The number of anilines is 1. The maximum absolute atomic E-state index is 12.8. The molecule has 0 saturated carbocycles. The van der Waals surface area contributed by atoms with Gasteiger partial charge in [0, 0.05) is 32.8 Å². The highest BCUT2D eigenvalue weighted by atomic mass is 16.5. The zero-order chi connectivity index (χ0) is 18.5. The molecule has 2 atom stereocenters. The summed E-state index contributed by atoms with van der Waals surface area (Å²) in [6.07, 6.45) is 1.77. The molecule has 7 nitrogen and oxygen atoms in total. The standard InChI is InChI=1S/C19H27N3O4/c1-3-26-17-7-5-4-6-16(17)20-19(24)21-12-14-8-9-15(13-21)22(18(14)23)10-11-25-2/h4-7,14-15H,3,8-13H2,1-2H3,(H,20,24)/t14-,15+/m0/s1. The van der Waals surface area contributed by atoms with E-state index in [0.717, 1.165) is 12.8 Å². The molecule has 0 aliphatic carbocycles. The van der Waals surface area contributed by atoms with E-state index in [9.17, 15) is 9.59 Å². The number of carbonyl (C=O) groups excluding carboxylic acids is 2. The smallest absolute Gasteiger partial charge is 0.322 e. The molecular formula is C19H27N3O4. The highest BCUT2D eigenvalue weighted by Gasteiger charge is 2.41. The van der Waals surface area contributed by atoms with Crippen molar-refractivity contribution in [3.63, 3.8) is 0 Å². The fourth-order valence-electron chi connectivity index (χ4n) is 3.74. The van der Waals surface area contributed by atoms with Gasteiger partial charge >= 0.3 is 6.03 Å². The minimum atomic E-state index is -0.185. The van der Waals surface area contributed by atoms with Crippen LogP contribution < -0.4 is 10.1 Å². The van der Waals surface area contributed by atoms with Crippen molar-refractivity contribution in [2.75, 3.05) is 45.3 Å². The third kappa shape index (κ3) is 3.93. The third-order valence-corrected chi connectivity index (χ3v) is 5.05. The molecule has 1 aromatic rings. The summed E-state index contributed by atoms with van der Waals surface area (Å²) in [6, 6.07) is 7.27. The summed E-state index contributed by atoms with van der Waals surface area (Å²) in [5, 5.41) is 2.94. The van der Waals surface area contributed by atoms with E-state index < -0.39 is 0 Å². The molecule has 3 amide bonds. The van der Waals surface area contributed by atoms with Crippen LogP contribution in [0, 0.1) is 5.92 Å². The van der Waals surface area contributed by atoms with Crippen molar-refractivity contribution in [1.82, 2.24) is 9.80 Å². The van der Waals surface area contributed by atoms with Crippen LogP contribution in [-0.4, -0.2) is 67.7 Å². The minimum absolute atomic E-state index is 0.0595. The molecule has 3 aliphatic rings. The Morgan fingerprint density at radius 2 is 2.08 bits per heavy atom. The first-order chi connectivity index (χ1) is 12.6.